The quantitative estimate of drug-likeness (QED) is 0.678. The molecule has 0 saturated heterocycles. The molecule has 2 amide bonds. The highest BCUT2D eigenvalue weighted by atomic mass is 16.7. The van der Waals surface area contributed by atoms with Crippen molar-refractivity contribution in [1.29, 1.82) is 0 Å². The summed E-state index contributed by atoms with van der Waals surface area (Å²) in [5.74, 6) is -0.569. The molecule has 0 fully saturated rings. The van der Waals surface area contributed by atoms with Crippen LogP contribution >= 0.6 is 0 Å². The Hall–Kier alpha value is -1.34. The molecule has 0 aliphatic carbocycles. The third kappa shape index (κ3) is 6.08. The van der Waals surface area contributed by atoms with E-state index >= 15 is 0 Å². The van der Waals surface area contributed by atoms with Crippen LogP contribution in [-0.2, 0) is 14.4 Å². The SMILES string of the molecule is CON(C)C(=O)C(CO)NC(=O)OC(C)(C)C. The predicted molar refractivity (Wildman–Crippen MR) is 60.0 cm³/mol. The average molecular weight is 248 g/mol. The topological polar surface area (TPSA) is 88.1 Å². The number of carbonyl (C=O) groups excluding carboxylic acids is 2. The van der Waals surface area contributed by atoms with E-state index in [1.165, 1.54) is 14.2 Å². The molecule has 1 unspecified atom stereocenters. The Labute approximate surface area is 101 Å². The zero-order valence-corrected chi connectivity index (χ0v) is 10.8. The van der Waals surface area contributed by atoms with Gasteiger partial charge in [-0.1, -0.05) is 0 Å². The van der Waals surface area contributed by atoms with Gasteiger partial charge in [0.15, 0.2) is 0 Å². The van der Waals surface area contributed by atoms with E-state index < -0.39 is 30.3 Å². The first-order valence-corrected chi connectivity index (χ1v) is 5.13. The summed E-state index contributed by atoms with van der Waals surface area (Å²) in [6, 6.07) is -1.09. The van der Waals surface area contributed by atoms with Crippen molar-refractivity contribution in [2.24, 2.45) is 0 Å². The second-order valence-corrected chi connectivity index (χ2v) is 4.40. The molecule has 100 valence electrons. The third-order valence-corrected chi connectivity index (χ3v) is 1.76. The summed E-state index contributed by atoms with van der Waals surface area (Å²) in [5, 5.41) is 12.2. The van der Waals surface area contributed by atoms with Crippen molar-refractivity contribution in [3.8, 4) is 0 Å². The maximum atomic E-state index is 11.6. The third-order valence-electron chi connectivity index (χ3n) is 1.76. The minimum atomic E-state index is -1.09. The van der Waals surface area contributed by atoms with Crippen LogP contribution < -0.4 is 5.32 Å². The summed E-state index contributed by atoms with van der Waals surface area (Å²) in [7, 11) is 2.68. The van der Waals surface area contributed by atoms with E-state index in [1.54, 1.807) is 20.8 Å². The highest BCUT2D eigenvalue weighted by molar-refractivity contribution is 5.85. The monoisotopic (exact) mass is 248 g/mol. The van der Waals surface area contributed by atoms with Gasteiger partial charge in [-0.3, -0.25) is 9.63 Å². The fraction of sp³-hybridized carbons (Fsp3) is 0.800. The van der Waals surface area contributed by atoms with Crippen LogP contribution in [0.5, 0.6) is 0 Å². The van der Waals surface area contributed by atoms with Crippen molar-refractivity contribution < 1.29 is 24.3 Å². The molecule has 0 saturated carbocycles. The van der Waals surface area contributed by atoms with Crippen LogP contribution in [-0.4, -0.2) is 54.6 Å². The number of hydrogen-bond acceptors (Lipinski definition) is 5. The van der Waals surface area contributed by atoms with Crippen LogP contribution in [0.15, 0.2) is 0 Å². The number of ether oxygens (including phenoxy) is 1. The van der Waals surface area contributed by atoms with E-state index in [9.17, 15) is 9.59 Å². The summed E-state index contributed by atoms with van der Waals surface area (Å²) in [6.07, 6.45) is -0.769. The van der Waals surface area contributed by atoms with Crippen LogP contribution in [0.1, 0.15) is 20.8 Å². The van der Waals surface area contributed by atoms with Gasteiger partial charge in [-0.05, 0) is 20.8 Å². The van der Waals surface area contributed by atoms with Crippen LogP contribution in [0.4, 0.5) is 4.79 Å². The lowest BCUT2D eigenvalue weighted by molar-refractivity contribution is -0.171. The molecule has 0 radical (unpaired) electrons. The van der Waals surface area contributed by atoms with Crippen molar-refractivity contribution in [3.05, 3.63) is 0 Å². The Morgan fingerprint density at radius 3 is 2.29 bits per heavy atom. The number of alkyl carbamates (subject to hydrolysis) is 1. The molecule has 7 nitrogen and oxygen atoms in total. The van der Waals surface area contributed by atoms with Gasteiger partial charge < -0.3 is 15.2 Å². The number of hydroxylamine groups is 2. The predicted octanol–water partition coefficient (Wildman–Crippen LogP) is -0.108. The molecule has 17 heavy (non-hydrogen) atoms. The maximum Gasteiger partial charge on any atom is 0.408 e. The van der Waals surface area contributed by atoms with Crippen LogP contribution in [0.25, 0.3) is 0 Å². The van der Waals surface area contributed by atoms with Crippen LogP contribution in [0, 0.1) is 0 Å². The molecule has 0 aromatic heterocycles. The number of aliphatic hydroxyl groups is 1. The van der Waals surface area contributed by atoms with E-state index in [4.69, 9.17) is 9.84 Å². The van der Waals surface area contributed by atoms with Gasteiger partial charge in [0.25, 0.3) is 5.91 Å². The lowest BCUT2D eigenvalue weighted by atomic mass is 10.2. The Morgan fingerprint density at radius 2 is 1.94 bits per heavy atom. The summed E-state index contributed by atoms with van der Waals surface area (Å²) in [6.45, 7) is 4.56. The van der Waals surface area contributed by atoms with Crippen LogP contribution in [0.2, 0.25) is 0 Å². The smallest absolute Gasteiger partial charge is 0.408 e. The van der Waals surface area contributed by atoms with Gasteiger partial charge in [-0.2, -0.15) is 0 Å². The first kappa shape index (κ1) is 15.7. The van der Waals surface area contributed by atoms with E-state index in [0.717, 1.165) is 5.06 Å². The minimum Gasteiger partial charge on any atom is -0.444 e. The molecule has 0 aliphatic heterocycles. The molecule has 0 aromatic rings. The van der Waals surface area contributed by atoms with Gasteiger partial charge in [-0.15, -0.1) is 0 Å². The van der Waals surface area contributed by atoms with Crippen LogP contribution in [0.3, 0.4) is 0 Å². The molecule has 0 rings (SSSR count). The Balaban J connectivity index is 4.41. The van der Waals surface area contributed by atoms with Gasteiger partial charge >= 0.3 is 6.09 Å². The Bertz CT molecular complexity index is 274. The number of likely N-dealkylation sites (N-methyl/N-ethyl adjacent to an activating group) is 1. The molecule has 0 aromatic carbocycles. The summed E-state index contributed by atoms with van der Waals surface area (Å²) in [4.78, 5) is 27.6. The number of amides is 2. The van der Waals surface area contributed by atoms with Gasteiger partial charge in [-0.25, -0.2) is 9.86 Å². The minimum absolute atomic E-state index is 0.536. The lowest BCUT2D eigenvalue weighted by Gasteiger charge is -2.24. The average Bonchev–Trinajstić information content (AvgIpc) is 2.21. The van der Waals surface area contributed by atoms with Crippen molar-refractivity contribution in [1.82, 2.24) is 10.4 Å². The fourth-order valence-electron chi connectivity index (χ4n) is 0.945. The molecule has 7 heteroatoms. The van der Waals surface area contributed by atoms with Gasteiger partial charge in [0.2, 0.25) is 0 Å². The maximum absolute atomic E-state index is 11.6. The largest absolute Gasteiger partial charge is 0.444 e. The number of aliphatic hydroxyl groups excluding tert-OH is 1. The second kappa shape index (κ2) is 6.41. The molecule has 1 atom stereocenters. The zero-order chi connectivity index (χ0) is 13.6. The number of hydrogen-bond donors (Lipinski definition) is 2. The molecule has 0 aliphatic rings. The number of nitrogens with zero attached hydrogens (tertiary/aromatic N) is 1. The highest BCUT2D eigenvalue weighted by Gasteiger charge is 2.26. The number of carbonyl (C=O) groups is 2. The molecular formula is C10H20N2O5. The summed E-state index contributed by atoms with van der Waals surface area (Å²) < 4.78 is 4.96. The standard InChI is InChI=1S/C10H20N2O5/c1-10(2,3)17-9(15)11-7(6-13)8(14)12(4)16-5/h7,13H,6H2,1-5H3,(H,11,15). The van der Waals surface area contributed by atoms with Gasteiger partial charge in [0.1, 0.15) is 11.6 Å². The normalized spacial score (nSPS) is 12.8. The Morgan fingerprint density at radius 1 is 1.41 bits per heavy atom. The molecule has 0 spiro atoms. The second-order valence-electron chi connectivity index (χ2n) is 4.40. The van der Waals surface area contributed by atoms with Crippen molar-refractivity contribution >= 4 is 12.0 Å². The highest BCUT2D eigenvalue weighted by Crippen LogP contribution is 2.07. The lowest BCUT2D eigenvalue weighted by Crippen LogP contribution is -2.50. The Kier molecular flexibility index (Phi) is 5.90. The summed E-state index contributed by atoms with van der Waals surface area (Å²) >= 11 is 0. The summed E-state index contributed by atoms with van der Waals surface area (Å²) in [5.41, 5.74) is -0.666. The molecule has 0 heterocycles. The molecule has 2 N–H and O–H groups in total. The van der Waals surface area contributed by atoms with Crippen molar-refractivity contribution in [3.63, 3.8) is 0 Å². The van der Waals surface area contributed by atoms with E-state index in [1.807, 2.05) is 0 Å². The van der Waals surface area contributed by atoms with E-state index in [0.29, 0.717) is 0 Å². The number of nitrogens with one attached hydrogen (secondary N) is 1. The van der Waals surface area contributed by atoms with Gasteiger partial charge in [0, 0.05) is 7.05 Å². The molecule has 0 bridgehead atoms. The molecular weight excluding hydrogens is 228 g/mol. The van der Waals surface area contributed by atoms with Crippen molar-refractivity contribution in [2.75, 3.05) is 20.8 Å². The fourth-order valence-corrected chi connectivity index (χ4v) is 0.945. The zero-order valence-electron chi connectivity index (χ0n) is 10.8. The number of rotatable bonds is 4. The van der Waals surface area contributed by atoms with Crippen molar-refractivity contribution in [2.45, 2.75) is 32.4 Å². The first-order valence-electron chi connectivity index (χ1n) is 5.13. The van der Waals surface area contributed by atoms with E-state index in [-0.39, 0.29) is 0 Å². The van der Waals surface area contributed by atoms with E-state index in [2.05, 4.69) is 10.2 Å². The van der Waals surface area contributed by atoms with Gasteiger partial charge in [0.05, 0.1) is 13.7 Å². The first-order chi connectivity index (χ1) is 7.71.